The molecule has 1 fully saturated rings. The van der Waals surface area contributed by atoms with E-state index in [-0.39, 0.29) is 11.9 Å². The summed E-state index contributed by atoms with van der Waals surface area (Å²) in [4.78, 5) is 4.30. The Morgan fingerprint density at radius 3 is 2.70 bits per heavy atom. The topological polar surface area (TPSA) is 59.5 Å². The molecule has 1 aliphatic heterocycles. The van der Waals surface area contributed by atoms with E-state index in [0.29, 0.717) is 25.4 Å². The molecule has 0 N–H and O–H groups in total. The number of nitrogens with zero attached hydrogens (tertiary/aromatic N) is 2. The molecule has 5 nitrogen and oxygen atoms in total. The minimum atomic E-state index is -3.31. The molecular formula is C17H20N2O3S. The van der Waals surface area contributed by atoms with E-state index in [1.165, 1.54) is 4.31 Å². The lowest BCUT2D eigenvalue weighted by Crippen LogP contribution is -2.32. The molecule has 122 valence electrons. The Balaban J connectivity index is 1.62. The van der Waals surface area contributed by atoms with Gasteiger partial charge in [-0.15, -0.1) is 0 Å². The van der Waals surface area contributed by atoms with E-state index in [0.717, 1.165) is 11.3 Å². The van der Waals surface area contributed by atoms with E-state index >= 15 is 0 Å². The third-order valence-corrected chi connectivity index (χ3v) is 5.66. The smallest absolute Gasteiger partial charge is 0.218 e. The van der Waals surface area contributed by atoms with Crippen molar-refractivity contribution in [2.24, 2.45) is 0 Å². The van der Waals surface area contributed by atoms with Crippen molar-refractivity contribution in [3.8, 4) is 5.88 Å². The molecule has 0 unspecified atom stereocenters. The molecule has 0 spiro atoms. The summed E-state index contributed by atoms with van der Waals surface area (Å²) in [5.74, 6) is 0.584. The van der Waals surface area contributed by atoms with Crippen molar-refractivity contribution in [3.63, 3.8) is 0 Å². The Labute approximate surface area is 137 Å². The van der Waals surface area contributed by atoms with E-state index in [1.54, 1.807) is 6.07 Å². The number of hydrogen-bond acceptors (Lipinski definition) is 4. The van der Waals surface area contributed by atoms with Crippen LogP contribution in [-0.4, -0.2) is 36.9 Å². The fourth-order valence-electron chi connectivity index (χ4n) is 2.68. The first-order valence-electron chi connectivity index (χ1n) is 7.65. The Kier molecular flexibility index (Phi) is 4.63. The van der Waals surface area contributed by atoms with Crippen LogP contribution in [0.25, 0.3) is 0 Å². The highest BCUT2D eigenvalue weighted by atomic mass is 32.2. The highest BCUT2D eigenvalue weighted by Crippen LogP contribution is 2.21. The predicted octanol–water partition coefficient (Wildman–Crippen LogP) is 2.37. The second kappa shape index (κ2) is 6.68. The van der Waals surface area contributed by atoms with Crippen molar-refractivity contribution in [1.29, 1.82) is 0 Å². The first-order valence-corrected chi connectivity index (χ1v) is 9.26. The molecule has 1 aliphatic rings. The van der Waals surface area contributed by atoms with Crippen molar-refractivity contribution in [2.45, 2.75) is 25.2 Å². The number of ether oxygens (including phenoxy) is 1. The normalized spacial score (nSPS) is 18.9. The zero-order valence-electron chi connectivity index (χ0n) is 13.1. The molecule has 0 saturated carbocycles. The first-order chi connectivity index (χ1) is 11.0. The lowest BCUT2D eigenvalue weighted by Gasteiger charge is -2.17. The van der Waals surface area contributed by atoms with Gasteiger partial charge >= 0.3 is 0 Å². The highest BCUT2D eigenvalue weighted by Gasteiger charge is 2.32. The third-order valence-electron chi connectivity index (χ3n) is 3.84. The van der Waals surface area contributed by atoms with Crippen LogP contribution in [-0.2, 0) is 15.8 Å². The van der Waals surface area contributed by atoms with Gasteiger partial charge in [0.1, 0.15) is 6.10 Å². The van der Waals surface area contributed by atoms with Crippen molar-refractivity contribution in [1.82, 2.24) is 9.29 Å². The molecule has 0 amide bonds. The van der Waals surface area contributed by atoms with Crippen LogP contribution in [0.1, 0.15) is 17.7 Å². The zero-order chi connectivity index (χ0) is 16.3. The maximum Gasteiger partial charge on any atom is 0.218 e. The third kappa shape index (κ3) is 4.09. The van der Waals surface area contributed by atoms with Crippen molar-refractivity contribution in [3.05, 3.63) is 59.8 Å². The lowest BCUT2D eigenvalue weighted by molar-refractivity contribution is 0.206. The molecule has 6 heteroatoms. The molecule has 3 rings (SSSR count). The van der Waals surface area contributed by atoms with Crippen molar-refractivity contribution in [2.75, 3.05) is 13.1 Å². The highest BCUT2D eigenvalue weighted by molar-refractivity contribution is 7.88. The summed E-state index contributed by atoms with van der Waals surface area (Å²) in [6.07, 6.45) is 0.541. The van der Waals surface area contributed by atoms with Gasteiger partial charge in [-0.05, 0) is 25.0 Å². The quantitative estimate of drug-likeness (QED) is 0.843. The summed E-state index contributed by atoms with van der Waals surface area (Å²) < 4.78 is 32.3. The van der Waals surface area contributed by atoms with Crippen LogP contribution in [0.15, 0.2) is 48.5 Å². The van der Waals surface area contributed by atoms with Crippen LogP contribution < -0.4 is 4.74 Å². The second-order valence-electron chi connectivity index (χ2n) is 5.75. The van der Waals surface area contributed by atoms with Crippen LogP contribution in [0.2, 0.25) is 0 Å². The van der Waals surface area contributed by atoms with Gasteiger partial charge in [0.05, 0.1) is 12.3 Å². The largest absolute Gasteiger partial charge is 0.473 e. The summed E-state index contributed by atoms with van der Waals surface area (Å²) in [5.41, 5.74) is 1.69. The molecule has 1 saturated heterocycles. The summed E-state index contributed by atoms with van der Waals surface area (Å²) >= 11 is 0. The molecule has 23 heavy (non-hydrogen) atoms. The van der Waals surface area contributed by atoms with Gasteiger partial charge in [-0.2, -0.15) is 4.31 Å². The summed E-state index contributed by atoms with van der Waals surface area (Å²) in [7, 11) is -3.31. The van der Waals surface area contributed by atoms with Gasteiger partial charge in [0.15, 0.2) is 0 Å². The molecule has 1 aromatic heterocycles. The fraction of sp³-hybridized carbons (Fsp3) is 0.353. The number of rotatable bonds is 5. The Hall–Kier alpha value is -1.92. The van der Waals surface area contributed by atoms with E-state index in [1.807, 2.05) is 49.4 Å². The number of pyridine rings is 1. The standard InChI is InChI=1S/C17H20N2O3S/c1-14-6-5-9-17(18-14)22-16-10-11-19(12-16)23(20,21)13-15-7-3-2-4-8-15/h2-9,16H,10-13H2,1H3/t16-/m1/s1. The number of hydrogen-bond donors (Lipinski definition) is 0. The minimum absolute atomic E-state index is 0.0310. The van der Waals surface area contributed by atoms with Gasteiger partial charge in [-0.1, -0.05) is 36.4 Å². The summed E-state index contributed by atoms with van der Waals surface area (Å²) in [6, 6.07) is 14.8. The van der Waals surface area contributed by atoms with Gasteiger partial charge < -0.3 is 4.74 Å². The molecule has 1 atom stereocenters. The number of benzene rings is 1. The van der Waals surface area contributed by atoms with Gasteiger partial charge in [-0.3, -0.25) is 0 Å². The first kappa shape index (κ1) is 16.0. The monoisotopic (exact) mass is 332 g/mol. The maximum absolute atomic E-state index is 12.5. The molecule has 1 aromatic carbocycles. The van der Waals surface area contributed by atoms with Crippen LogP contribution >= 0.6 is 0 Å². The van der Waals surface area contributed by atoms with E-state index in [9.17, 15) is 8.42 Å². The number of aryl methyl sites for hydroxylation is 1. The van der Waals surface area contributed by atoms with Crippen LogP contribution in [0, 0.1) is 6.92 Å². The van der Waals surface area contributed by atoms with Gasteiger partial charge in [-0.25, -0.2) is 13.4 Å². The molecule has 0 bridgehead atoms. The zero-order valence-corrected chi connectivity index (χ0v) is 13.9. The average Bonchev–Trinajstić information content (AvgIpc) is 2.97. The molecule has 2 aromatic rings. The van der Waals surface area contributed by atoms with E-state index in [2.05, 4.69) is 4.98 Å². The summed E-state index contributed by atoms with van der Waals surface area (Å²) in [6.45, 7) is 2.77. The number of aromatic nitrogens is 1. The predicted molar refractivity (Wildman–Crippen MR) is 88.6 cm³/mol. The lowest BCUT2D eigenvalue weighted by atomic mass is 10.2. The molecule has 0 aliphatic carbocycles. The van der Waals surface area contributed by atoms with Crippen LogP contribution in [0.5, 0.6) is 5.88 Å². The van der Waals surface area contributed by atoms with Crippen molar-refractivity contribution < 1.29 is 13.2 Å². The molecule has 0 radical (unpaired) electrons. The van der Waals surface area contributed by atoms with E-state index in [4.69, 9.17) is 4.74 Å². The van der Waals surface area contributed by atoms with E-state index < -0.39 is 10.0 Å². The molecular weight excluding hydrogens is 312 g/mol. The summed E-state index contributed by atoms with van der Waals surface area (Å²) in [5, 5.41) is 0. The molecule has 2 heterocycles. The van der Waals surface area contributed by atoms with Gasteiger partial charge in [0, 0.05) is 18.3 Å². The van der Waals surface area contributed by atoms with Gasteiger partial charge in [0.2, 0.25) is 15.9 Å². The second-order valence-corrected chi connectivity index (χ2v) is 7.71. The SMILES string of the molecule is Cc1cccc(O[C@@H]2CCN(S(=O)(=O)Cc3ccccc3)C2)n1. The Morgan fingerprint density at radius 1 is 1.17 bits per heavy atom. The fourth-order valence-corrected chi connectivity index (χ4v) is 4.25. The Morgan fingerprint density at radius 2 is 1.96 bits per heavy atom. The van der Waals surface area contributed by atoms with Crippen LogP contribution in [0.3, 0.4) is 0 Å². The maximum atomic E-state index is 12.5. The average molecular weight is 332 g/mol. The van der Waals surface area contributed by atoms with Crippen molar-refractivity contribution >= 4 is 10.0 Å². The van der Waals surface area contributed by atoms with Gasteiger partial charge in [0.25, 0.3) is 0 Å². The number of sulfonamides is 1. The van der Waals surface area contributed by atoms with Crippen LogP contribution in [0.4, 0.5) is 0 Å². The Bertz CT molecular complexity index is 762. The minimum Gasteiger partial charge on any atom is -0.473 e.